The molecule has 3 heterocycles. The number of aryl methyl sites for hydroxylation is 1. The lowest BCUT2D eigenvalue weighted by molar-refractivity contribution is 0.0935. The Hall–Kier alpha value is -3.11. The molecular formula is C19H20N6O3S. The first-order valence-corrected chi connectivity index (χ1v) is 10.5. The van der Waals surface area contributed by atoms with Crippen LogP contribution in [0.2, 0.25) is 0 Å². The van der Waals surface area contributed by atoms with Gasteiger partial charge in [0.25, 0.3) is 5.91 Å². The lowest BCUT2D eigenvalue weighted by atomic mass is 10.0. The lowest BCUT2D eigenvalue weighted by Gasteiger charge is -2.18. The van der Waals surface area contributed by atoms with E-state index >= 15 is 0 Å². The molecule has 2 atom stereocenters. The number of hydrogen-bond donors (Lipinski definition) is 2. The van der Waals surface area contributed by atoms with E-state index in [0.29, 0.717) is 17.2 Å². The third kappa shape index (κ3) is 3.89. The number of carbonyl (C=O) groups is 1. The summed E-state index contributed by atoms with van der Waals surface area (Å²) in [5.41, 5.74) is 0.506. The van der Waals surface area contributed by atoms with Crippen molar-refractivity contribution in [2.75, 3.05) is 13.1 Å². The van der Waals surface area contributed by atoms with Crippen molar-refractivity contribution in [3.8, 4) is 0 Å². The average molecular weight is 412 g/mol. The van der Waals surface area contributed by atoms with Crippen LogP contribution in [0, 0.1) is 6.92 Å². The molecule has 1 aliphatic rings. The summed E-state index contributed by atoms with van der Waals surface area (Å²) < 4.78 is 27.4. The van der Waals surface area contributed by atoms with Gasteiger partial charge in [0.15, 0.2) is 5.82 Å². The minimum Gasteiger partial charge on any atom is -0.347 e. The molecule has 10 heteroatoms. The van der Waals surface area contributed by atoms with Crippen LogP contribution < -0.4 is 5.32 Å². The number of nitrogens with zero attached hydrogens (tertiary/aromatic N) is 4. The maximum atomic E-state index is 13.0. The predicted octanol–water partition coefficient (Wildman–Crippen LogP) is 1.09. The Bertz CT molecular complexity index is 1100. The molecule has 0 unspecified atom stereocenters. The summed E-state index contributed by atoms with van der Waals surface area (Å²) in [6.45, 7) is 2.05. The van der Waals surface area contributed by atoms with Crippen molar-refractivity contribution in [1.29, 1.82) is 0 Å². The highest BCUT2D eigenvalue weighted by molar-refractivity contribution is 7.89. The summed E-state index contributed by atoms with van der Waals surface area (Å²) in [6.07, 6.45) is 2.84. The van der Waals surface area contributed by atoms with Crippen LogP contribution >= 0.6 is 0 Å². The van der Waals surface area contributed by atoms with Crippen LogP contribution in [0.3, 0.4) is 0 Å². The molecule has 0 aliphatic carbocycles. The minimum atomic E-state index is -3.75. The van der Waals surface area contributed by atoms with Gasteiger partial charge in [-0.1, -0.05) is 18.2 Å². The van der Waals surface area contributed by atoms with E-state index in [0.717, 1.165) is 0 Å². The summed E-state index contributed by atoms with van der Waals surface area (Å²) in [4.78, 5) is 21.0. The number of sulfonamides is 1. The van der Waals surface area contributed by atoms with Crippen LogP contribution in [-0.2, 0) is 10.0 Å². The van der Waals surface area contributed by atoms with E-state index in [1.165, 1.54) is 22.8 Å². The molecule has 3 aromatic rings. The maximum absolute atomic E-state index is 13.0. The largest absolute Gasteiger partial charge is 0.347 e. The highest BCUT2D eigenvalue weighted by Gasteiger charge is 2.42. The SMILES string of the molecule is Cc1nc([C@@H]2CN(S(=O)(=O)c3cccnc3)C[C@H]2NC(=O)c2ccccc2)n[nH]1. The van der Waals surface area contributed by atoms with Crippen LogP contribution in [0.4, 0.5) is 0 Å². The van der Waals surface area contributed by atoms with Crippen molar-refractivity contribution in [2.24, 2.45) is 0 Å². The summed E-state index contributed by atoms with van der Waals surface area (Å²) in [5.74, 6) is 0.457. The van der Waals surface area contributed by atoms with Crippen molar-refractivity contribution in [3.05, 3.63) is 72.1 Å². The van der Waals surface area contributed by atoms with Crippen LogP contribution in [0.25, 0.3) is 0 Å². The zero-order valence-electron chi connectivity index (χ0n) is 15.7. The van der Waals surface area contributed by atoms with Gasteiger partial charge >= 0.3 is 0 Å². The van der Waals surface area contributed by atoms with E-state index in [4.69, 9.17) is 0 Å². The van der Waals surface area contributed by atoms with Gasteiger partial charge in [-0.2, -0.15) is 9.40 Å². The Morgan fingerprint density at radius 3 is 2.62 bits per heavy atom. The second-order valence-corrected chi connectivity index (χ2v) is 8.78. The summed E-state index contributed by atoms with van der Waals surface area (Å²) in [5, 5.41) is 9.93. The number of rotatable bonds is 5. The fourth-order valence-corrected chi connectivity index (χ4v) is 4.84. The Kier molecular flexibility index (Phi) is 5.12. The van der Waals surface area contributed by atoms with Crippen LogP contribution in [-0.4, -0.2) is 57.9 Å². The van der Waals surface area contributed by atoms with Crippen molar-refractivity contribution in [2.45, 2.75) is 23.8 Å². The van der Waals surface area contributed by atoms with Gasteiger partial charge in [0.05, 0.1) is 12.0 Å². The molecule has 2 N–H and O–H groups in total. The molecular weight excluding hydrogens is 392 g/mol. The monoisotopic (exact) mass is 412 g/mol. The zero-order valence-corrected chi connectivity index (χ0v) is 16.5. The first kappa shape index (κ1) is 19.2. The Morgan fingerprint density at radius 1 is 1.17 bits per heavy atom. The lowest BCUT2D eigenvalue weighted by Crippen LogP contribution is -2.40. The molecule has 0 spiro atoms. The number of aromatic nitrogens is 4. The normalized spacial score (nSPS) is 19.9. The predicted molar refractivity (Wildman–Crippen MR) is 105 cm³/mol. The Morgan fingerprint density at radius 2 is 1.97 bits per heavy atom. The Balaban J connectivity index is 1.62. The van der Waals surface area contributed by atoms with Gasteiger partial charge in [-0.05, 0) is 31.2 Å². The topological polar surface area (TPSA) is 121 Å². The van der Waals surface area contributed by atoms with Crippen molar-refractivity contribution in [1.82, 2.24) is 29.8 Å². The molecule has 2 aromatic heterocycles. The second kappa shape index (κ2) is 7.72. The fraction of sp³-hybridized carbons (Fsp3) is 0.263. The zero-order chi connectivity index (χ0) is 20.4. The number of pyridine rings is 1. The fourth-order valence-electron chi connectivity index (χ4n) is 3.39. The molecule has 0 saturated carbocycles. The van der Waals surface area contributed by atoms with Crippen LogP contribution in [0.1, 0.15) is 27.9 Å². The maximum Gasteiger partial charge on any atom is 0.251 e. The highest BCUT2D eigenvalue weighted by atomic mass is 32.2. The van der Waals surface area contributed by atoms with E-state index in [9.17, 15) is 13.2 Å². The third-order valence-electron chi connectivity index (χ3n) is 4.86. The molecule has 1 aromatic carbocycles. The number of nitrogens with one attached hydrogen (secondary N) is 2. The van der Waals surface area contributed by atoms with E-state index in [1.54, 1.807) is 37.3 Å². The minimum absolute atomic E-state index is 0.111. The molecule has 150 valence electrons. The molecule has 1 aliphatic heterocycles. The molecule has 0 bridgehead atoms. The number of carbonyl (C=O) groups excluding carboxylic acids is 1. The highest BCUT2D eigenvalue weighted by Crippen LogP contribution is 2.30. The molecule has 9 nitrogen and oxygen atoms in total. The average Bonchev–Trinajstić information content (AvgIpc) is 3.36. The summed E-state index contributed by atoms with van der Waals surface area (Å²) in [7, 11) is -3.75. The molecule has 1 fully saturated rings. The number of benzene rings is 1. The standard InChI is InChI=1S/C19H20N6O3S/c1-13-21-18(24-23-13)16-11-25(29(27,28)15-8-5-9-20-10-15)12-17(16)22-19(26)14-6-3-2-4-7-14/h2-10,16-17H,11-12H2,1H3,(H,22,26)(H,21,23,24)/t16-,17-/m1/s1. The van der Waals surface area contributed by atoms with Crippen LogP contribution in [0.5, 0.6) is 0 Å². The van der Waals surface area contributed by atoms with Crippen molar-refractivity contribution >= 4 is 15.9 Å². The molecule has 1 amide bonds. The van der Waals surface area contributed by atoms with Gasteiger partial charge in [-0.3, -0.25) is 14.9 Å². The van der Waals surface area contributed by atoms with E-state index in [2.05, 4.69) is 25.5 Å². The van der Waals surface area contributed by atoms with Gasteiger partial charge < -0.3 is 5.32 Å². The van der Waals surface area contributed by atoms with Gasteiger partial charge in [0.1, 0.15) is 10.7 Å². The number of aromatic amines is 1. The van der Waals surface area contributed by atoms with Crippen molar-refractivity contribution < 1.29 is 13.2 Å². The smallest absolute Gasteiger partial charge is 0.251 e. The molecule has 29 heavy (non-hydrogen) atoms. The van der Waals surface area contributed by atoms with E-state index in [-0.39, 0.29) is 29.8 Å². The van der Waals surface area contributed by atoms with Gasteiger partial charge in [0.2, 0.25) is 10.0 Å². The first-order chi connectivity index (χ1) is 13.9. The first-order valence-electron chi connectivity index (χ1n) is 9.10. The van der Waals surface area contributed by atoms with E-state index < -0.39 is 16.1 Å². The van der Waals surface area contributed by atoms with Crippen molar-refractivity contribution in [3.63, 3.8) is 0 Å². The Labute approximate surface area is 168 Å². The third-order valence-corrected chi connectivity index (χ3v) is 6.67. The number of H-pyrrole nitrogens is 1. The summed E-state index contributed by atoms with van der Waals surface area (Å²) >= 11 is 0. The molecule has 4 rings (SSSR count). The van der Waals surface area contributed by atoms with Crippen LogP contribution in [0.15, 0.2) is 59.8 Å². The summed E-state index contributed by atoms with van der Waals surface area (Å²) in [6, 6.07) is 11.4. The quantitative estimate of drug-likeness (QED) is 0.647. The second-order valence-electron chi connectivity index (χ2n) is 6.84. The molecule has 1 saturated heterocycles. The van der Waals surface area contributed by atoms with Gasteiger partial charge in [-0.15, -0.1) is 0 Å². The van der Waals surface area contributed by atoms with Gasteiger partial charge in [0, 0.05) is 31.0 Å². The van der Waals surface area contributed by atoms with E-state index in [1.807, 2.05) is 6.07 Å². The molecule has 0 radical (unpaired) electrons. The van der Waals surface area contributed by atoms with Gasteiger partial charge in [-0.25, -0.2) is 13.4 Å². The number of amides is 1. The number of hydrogen-bond acceptors (Lipinski definition) is 6.